The predicted octanol–water partition coefficient (Wildman–Crippen LogP) is 1.59. The van der Waals surface area contributed by atoms with E-state index in [-0.39, 0.29) is 0 Å². The number of hydrazone groups is 1. The van der Waals surface area contributed by atoms with Crippen molar-refractivity contribution in [1.82, 2.24) is 5.01 Å². The summed E-state index contributed by atoms with van der Waals surface area (Å²) in [4.78, 5) is 0. The summed E-state index contributed by atoms with van der Waals surface area (Å²) in [6.07, 6.45) is 2.45. The second-order valence-corrected chi connectivity index (χ2v) is 4.38. The Bertz CT molecular complexity index is 333. The van der Waals surface area contributed by atoms with Crippen LogP contribution in [0.4, 0.5) is 0 Å². The normalized spacial score (nSPS) is 10.1. The monoisotopic (exact) mass is 252 g/mol. The largest absolute Gasteiger partial charge is 0.497 e. The van der Waals surface area contributed by atoms with E-state index in [9.17, 15) is 0 Å². The molecule has 0 unspecified atom stereocenters. The Morgan fingerprint density at radius 2 is 1.89 bits per heavy atom. The maximum absolute atomic E-state index is 5.07. The van der Waals surface area contributed by atoms with Gasteiger partial charge in [-0.3, -0.25) is 0 Å². The van der Waals surface area contributed by atoms with Crippen LogP contribution in [0.1, 0.15) is 19.4 Å². The molecular formula is C13H24N4O. The molecule has 0 atom stereocenters. The van der Waals surface area contributed by atoms with Gasteiger partial charge < -0.3 is 15.6 Å². The summed E-state index contributed by atoms with van der Waals surface area (Å²) in [5.41, 5.74) is 1.38. The molecule has 1 rings (SSSR count). The summed E-state index contributed by atoms with van der Waals surface area (Å²) in [6.45, 7) is 4.45. The molecule has 0 aliphatic carbocycles. The number of ether oxygens (including phenoxy) is 1. The van der Waals surface area contributed by atoms with Gasteiger partial charge in [0, 0.05) is 7.05 Å². The predicted molar refractivity (Wildman–Crippen MR) is 76.2 cm³/mol. The van der Waals surface area contributed by atoms with Gasteiger partial charge in [0.05, 0.1) is 7.11 Å². The minimum Gasteiger partial charge on any atom is -0.497 e. The molecule has 0 heterocycles. The van der Waals surface area contributed by atoms with Gasteiger partial charge in [0.1, 0.15) is 12.1 Å². The van der Waals surface area contributed by atoms with E-state index in [0.717, 1.165) is 18.1 Å². The zero-order chi connectivity index (χ0) is 14.0. The molecule has 0 bridgehead atoms. The maximum atomic E-state index is 5.07. The number of methoxy groups -OCH3 is 1. The van der Waals surface area contributed by atoms with Crippen molar-refractivity contribution in [2.75, 3.05) is 14.2 Å². The lowest BCUT2D eigenvalue weighted by atomic mass is 10.0. The van der Waals surface area contributed by atoms with Gasteiger partial charge >= 0.3 is 0 Å². The minimum absolute atomic E-state index is 0.721. The first-order valence-electron chi connectivity index (χ1n) is 5.83. The zero-order valence-corrected chi connectivity index (χ0v) is 11.6. The van der Waals surface area contributed by atoms with E-state index in [1.165, 1.54) is 16.9 Å². The van der Waals surface area contributed by atoms with Gasteiger partial charge in [-0.2, -0.15) is 5.10 Å². The quantitative estimate of drug-likeness (QED) is 0.369. The Morgan fingerprint density at radius 1 is 1.33 bits per heavy atom. The van der Waals surface area contributed by atoms with Crippen molar-refractivity contribution in [3.63, 3.8) is 0 Å². The van der Waals surface area contributed by atoms with Crippen LogP contribution < -0.4 is 16.4 Å². The van der Waals surface area contributed by atoms with E-state index in [2.05, 4.69) is 36.9 Å². The Kier molecular flexibility index (Phi) is 8.39. The van der Waals surface area contributed by atoms with Gasteiger partial charge in [-0.1, -0.05) is 26.0 Å². The Labute approximate surface area is 109 Å². The van der Waals surface area contributed by atoms with Crippen molar-refractivity contribution in [2.45, 2.75) is 20.3 Å². The third-order valence-corrected chi connectivity index (χ3v) is 2.05. The van der Waals surface area contributed by atoms with Crippen LogP contribution in [0.15, 0.2) is 29.4 Å². The van der Waals surface area contributed by atoms with Gasteiger partial charge in [0.15, 0.2) is 0 Å². The third-order valence-electron chi connectivity index (χ3n) is 2.05. The zero-order valence-electron chi connectivity index (χ0n) is 11.6. The number of nitrogens with two attached hydrogens (primary N) is 2. The smallest absolute Gasteiger partial charge is 0.124 e. The topological polar surface area (TPSA) is 76.9 Å². The summed E-state index contributed by atoms with van der Waals surface area (Å²) in [6, 6.07) is 8.27. The van der Waals surface area contributed by atoms with Crippen LogP contribution in [-0.2, 0) is 6.42 Å². The summed E-state index contributed by atoms with van der Waals surface area (Å²) in [7, 11) is 3.33. The fourth-order valence-electron chi connectivity index (χ4n) is 1.34. The van der Waals surface area contributed by atoms with E-state index in [1.54, 1.807) is 14.2 Å². The van der Waals surface area contributed by atoms with Crippen LogP contribution in [0, 0.1) is 5.92 Å². The number of nitrogens with zero attached hydrogens (tertiary/aromatic N) is 2. The number of benzene rings is 1. The molecule has 0 amide bonds. The molecule has 18 heavy (non-hydrogen) atoms. The molecule has 102 valence electrons. The fraction of sp³-hybridized carbons (Fsp3) is 0.462. The molecule has 1 aromatic carbocycles. The number of hydrogen-bond acceptors (Lipinski definition) is 4. The van der Waals surface area contributed by atoms with Crippen LogP contribution in [0.2, 0.25) is 0 Å². The van der Waals surface area contributed by atoms with E-state index >= 15 is 0 Å². The molecule has 0 saturated heterocycles. The standard InChI is InChI=1S/C11H16O.C2H8N4/c1-9(2)8-10-4-6-11(12-3)7-5-10;1-6(4)2-5-3/h4-7,9H,8H2,1-3H3;2H,3-4H2,1H3/b;5-2-. The lowest BCUT2D eigenvalue weighted by Crippen LogP contribution is -2.24. The SMILES string of the molecule is CN(N)/C=N\N.COc1ccc(CC(C)C)cc1. The molecular weight excluding hydrogens is 228 g/mol. The molecule has 0 aliphatic heterocycles. The van der Waals surface area contributed by atoms with Crippen LogP contribution in [-0.4, -0.2) is 25.5 Å². The Hall–Kier alpha value is -1.75. The molecule has 5 nitrogen and oxygen atoms in total. The molecule has 0 radical (unpaired) electrons. The maximum Gasteiger partial charge on any atom is 0.124 e. The summed E-state index contributed by atoms with van der Waals surface area (Å²) >= 11 is 0. The molecule has 5 heteroatoms. The van der Waals surface area contributed by atoms with E-state index < -0.39 is 0 Å². The van der Waals surface area contributed by atoms with Crippen molar-refractivity contribution in [2.24, 2.45) is 22.7 Å². The number of hydrazine groups is 1. The second-order valence-electron chi connectivity index (χ2n) is 4.38. The lowest BCUT2D eigenvalue weighted by molar-refractivity contribution is 0.414. The van der Waals surface area contributed by atoms with Crippen LogP contribution in [0.25, 0.3) is 0 Å². The van der Waals surface area contributed by atoms with Gasteiger partial charge in [-0.05, 0) is 30.0 Å². The van der Waals surface area contributed by atoms with Gasteiger partial charge in [-0.15, -0.1) is 0 Å². The number of hydrogen-bond donors (Lipinski definition) is 2. The van der Waals surface area contributed by atoms with Crippen molar-refractivity contribution >= 4 is 6.34 Å². The number of rotatable bonds is 4. The molecule has 0 aliphatic rings. The molecule has 1 aromatic rings. The molecule has 0 spiro atoms. The average molecular weight is 252 g/mol. The average Bonchev–Trinajstić information content (AvgIpc) is 2.30. The highest BCUT2D eigenvalue weighted by atomic mass is 16.5. The van der Waals surface area contributed by atoms with Crippen LogP contribution in [0.5, 0.6) is 5.75 Å². The van der Waals surface area contributed by atoms with Gasteiger partial charge in [0.25, 0.3) is 0 Å². The molecule has 0 saturated carbocycles. The Morgan fingerprint density at radius 3 is 2.17 bits per heavy atom. The van der Waals surface area contributed by atoms with Crippen molar-refractivity contribution in [1.29, 1.82) is 0 Å². The van der Waals surface area contributed by atoms with E-state index in [1.807, 2.05) is 12.1 Å². The van der Waals surface area contributed by atoms with Gasteiger partial charge in [-0.25, -0.2) is 5.84 Å². The first-order chi connectivity index (χ1) is 8.49. The second kappa shape index (κ2) is 9.30. The van der Waals surface area contributed by atoms with Crippen molar-refractivity contribution < 1.29 is 4.74 Å². The first-order valence-corrected chi connectivity index (χ1v) is 5.83. The highest BCUT2D eigenvalue weighted by Gasteiger charge is 1.97. The Balaban J connectivity index is 0.000000411. The summed E-state index contributed by atoms with van der Waals surface area (Å²) in [5.74, 6) is 11.3. The van der Waals surface area contributed by atoms with E-state index in [0.29, 0.717) is 0 Å². The first kappa shape index (κ1) is 16.2. The fourth-order valence-corrected chi connectivity index (χ4v) is 1.34. The highest BCUT2D eigenvalue weighted by Crippen LogP contribution is 2.13. The van der Waals surface area contributed by atoms with E-state index in [4.69, 9.17) is 10.6 Å². The summed E-state index contributed by atoms with van der Waals surface area (Å²) in [5, 5.41) is 4.38. The van der Waals surface area contributed by atoms with Crippen LogP contribution in [0.3, 0.4) is 0 Å². The third kappa shape index (κ3) is 8.41. The van der Waals surface area contributed by atoms with Crippen molar-refractivity contribution in [3.05, 3.63) is 29.8 Å². The lowest BCUT2D eigenvalue weighted by Gasteiger charge is -2.05. The summed E-state index contributed by atoms with van der Waals surface area (Å²) < 4.78 is 5.07. The molecule has 0 aromatic heterocycles. The molecule has 0 fully saturated rings. The molecule has 4 N–H and O–H groups in total. The highest BCUT2D eigenvalue weighted by molar-refractivity contribution is 5.52. The van der Waals surface area contributed by atoms with Crippen LogP contribution >= 0.6 is 0 Å². The minimum atomic E-state index is 0.721. The van der Waals surface area contributed by atoms with Crippen molar-refractivity contribution in [3.8, 4) is 5.75 Å². The van der Waals surface area contributed by atoms with Gasteiger partial charge in [0.2, 0.25) is 0 Å².